The molecule has 0 radical (unpaired) electrons. The van der Waals surface area contributed by atoms with Crippen LogP contribution in [0.15, 0.2) is 17.0 Å². The van der Waals surface area contributed by atoms with Crippen LogP contribution in [0, 0.1) is 12.3 Å². The van der Waals surface area contributed by atoms with Crippen molar-refractivity contribution in [2.45, 2.75) is 19.9 Å². The Kier molecular flexibility index (Phi) is 7.19. The van der Waals surface area contributed by atoms with E-state index in [9.17, 15) is 14.4 Å². The van der Waals surface area contributed by atoms with Crippen molar-refractivity contribution in [1.29, 1.82) is 0 Å². The van der Waals surface area contributed by atoms with Crippen molar-refractivity contribution in [3.63, 3.8) is 0 Å². The van der Waals surface area contributed by atoms with Crippen LogP contribution in [-0.2, 0) is 14.3 Å². The monoisotopic (exact) mass is 427 g/mol. The number of benzene rings is 1. The summed E-state index contributed by atoms with van der Waals surface area (Å²) in [6, 6.07) is 2.04. The summed E-state index contributed by atoms with van der Waals surface area (Å²) in [5.41, 5.74) is 0.493. The van der Waals surface area contributed by atoms with E-state index in [-0.39, 0.29) is 33.9 Å². The highest BCUT2D eigenvalue weighted by atomic mass is 35.5. The van der Waals surface area contributed by atoms with E-state index in [4.69, 9.17) is 39.1 Å². The van der Waals surface area contributed by atoms with Gasteiger partial charge in [0.1, 0.15) is 12.6 Å². The summed E-state index contributed by atoms with van der Waals surface area (Å²) in [6.07, 6.45) is 6.60. The van der Waals surface area contributed by atoms with Gasteiger partial charge in [-0.3, -0.25) is 14.5 Å². The molecule has 6 nitrogen and oxygen atoms in total. The molecule has 1 unspecified atom stereocenters. The molecule has 2 amide bonds. The second-order valence-electron chi connectivity index (χ2n) is 5.29. The number of amides is 2. The fourth-order valence-corrected chi connectivity index (χ4v) is 3.77. The highest BCUT2D eigenvalue weighted by Crippen LogP contribution is 2.38. The van der Waals surface area contributed by atoms with Crippen molar-refractivity contribution >= 4 is 58.2 Å². The zero-order valence-corrected chi connectivity index (χ0v) is 16.8. The van der Waals surface area contributed by atoms with Crippen LogP contribution in [0.3, 0.4) is 0 Å². The van der Waals surface area contributed by atoms with E-state index in [1.165, 1.54) is 25.1 Å². The molecule has 9 heteroatoms. The zero-order chi connectivity index (χ0) is 20.1. The predicted octanol–water partition coefficient (Wildman–Crippen LogP) is 3.99. The lowest BCUT2D eigenvalue weighted by Crippen LogP contribution is -2.42. The van der Waals surface area contributed by atoms with E-state index in [2.05, 4.69) is 5.92 Å². The summed E-state index contributed by atoms with van der Waals surface area (Å²) in [5.74, 6) is 1.30. The Balaban J connectivity index is 2.28. The SMILES string of the molecule is C#CCOc1c(Cl)cc(C=C2SC(=O)N(C(C)C(=O)OCC)C2=O)cc1Cl. The number of hydrogen-bond acceptors (Lipinski definition) is 6. The standard InChI is InChI=1S/C18H15Cl2NO5S/c1-4-6-26-15-12(19)7-11(8-13(15)20)9-14-16(22)21(18(24)27-14)10(3)17(23)25-5-2/h1,7-10H,5-6H2,2-3H3. The number of terminal acetylenes is 1. The van der Waals surface area contributed by atoms with E-state index in [1.54, 1.807) is 6.92 Å². The van der Waals surface area contributed by atoms with Crippen molar-refractivity contribution in [2.75, 3.05) is 13.2 Å². The zero-order valence-electron chi connectivity index (χ0n) is 14.5. The van der Waals surface area contributed by atoms with Crippen molar-refractivity contribution in [3.05, 3.63) is 32.6 Å². The maximum Gasteiger partial charge on any atom is 0.329 e. The molecule has 27 heavy (non-hydrogen) atoms. The number of carbonyl (C=O) groups excluding carboxylic acids is 3. The molecule has 1 aliphatic heterocycles. The van der Waals surface area contributed by atoms with Crippen LogP contribution in [-0.4, -0.2) is 41.3 Å². The molecular weight excluding hydrogens is 413 g/mol. The Morgan fingerprint density at radius 1 is 1.37 bits per heavy atom. The molecule has 0 bridgehead atoms. The summed E-state index contributed by atoms with van der Waals surface area (Å²) in [6.45, 7) is 3.23. The molecule has 0 spiro atoms. The van der Waals surface area contributed by atoms with E-state index in [0.717, 1.165) is 16.7 Å². The van der Waals surface area contributed by atoms with Gasteiger partial charge in [0.25, 0.3) is 11.1 Å². The first-order valence-corrected chi connectivity index (χ1v) is 9.36. The second kappa shape index (κ2) is 9.18. The van der Waals surface area contributed by atoms with E-state index in [0.29, 0.717) is 5.56 Å². The lowest BCUT2D eigenvalue weighted by Gasteiger charge is -2.19. The summed E-state index contributed by atoms with van der Waals surface area (Å²) >= 11 is 13.0. The quantitative estimate of drug-likeness (QED) is 0.388. The van der Waals surface area contributed by atoms with Gasteiger partial charge in [0.05, 0.1) is 21.6 Å². The number of ether oxygens (including phenoxy) is 2. The second-order valence-corrected chi connectivity index (χ2v) is 7.09. The molecule has 0 aromatic heterocycles. The van der Waals surface area contributed by atoms with Gasteiger partial charge < -0.3 is 9.47 Å². The molecular formula is C18H15Cl2NO5S. The lowest BCUT2D eigenvalue weighted by atomic mass is 10.2. The average molecular weight is 428 g/mol. The number of esters is 1. The Hall–Kier alpha value is -2.14. The molecule has 1 aliphatic rings. The van der Waals surface area contributed by atoms with Crippen molar-refractivity contribution in [3.8, 4) is 18.1 Å². The first-order valence-electron chi connectivity index (χ1n) is 7.79. The van der Waals surface area contributed by atoms with Crippen LogP contribution in [0.1, 0.15) is 19.4 Å². The first-order chi connectivity index (χ1) is 12.8. The normalized spacial score (nSPS) is 16.4. The molecule has 1 aromatic rings. The summed E-state index contributed by atoms with van der Waals surface area (Å²) in [5, 5.41) is -0.135. The van der Waals surface area contributed by atoms with E-state index < -0.39 is 23.2 Å². The highest BCUT2D eigenvalue weighted by Gasteiger charge is 2.41. The van der Waals surface area contributed by atoms with Gasteiger partial charge in [0.2, 0.25) is 0 Å². The Bertz CT molecular complexity index is 839. The minimum atomic E-state index is -1.02. The van der Waals surface area contributed by atoms with Gasteiger partial charge in [-0.05, 0) is 49.4 Å². The van der Waals surface area contributed by atoms with Gasteiger partial charge in [0.15, 0.2) is 5.75 Å². The first kappa shape index (κ1) is 21.2. The highest BCUT2D eigenvalue weighted by molar-refractivity contribution is 8.18. The number of rotatable bonds is 6. The smallest absolute Gasteiger partial charge is 0.329 e. The molecule has 1 aromatic carbocycles. The number of halogens is 2. The van der Waals surface area contributed by atoms with E-state index in [1.807, 2.05) is 0 Å². The molecule has 0 saturated carbocycles. The van der Waals surface area contributed by atoms with Gasteiger partial charge in [-0.25, -0.2) is 4.79 Å². The number of thioether (sulfide) groups is 1. The number of imide groups is 1. The minimum Gasteiger partial charge on any atom is -0.478 e. The average Bonchev–Trinajstić information content (AvgIpc) is 2.87. The number of carbonyl (C=O) groups is 3. The fraction of sp³-hybridized carbons (Fsp3) is 0.278. The molecule has 0 aliphatic carbocycles. The van der Waals surface area contributed by atoms with Gasteiger partial charge >= 0.3 is 5.97 Å². The molecule has 1 fully saturated rings. The summed E-state index contributed by atoms with van der Waals surface area (Å²) < 4.78 is 10.1. The van der Waals surface area contributed by atoms with Crippen LogP contribution in [0.2, 0.25) is 10.0 Å². The van der Waals surface area contributed by atoms with Crippen LogP contribution in [0.5, 0.6) is 5.75 Å². The molecule has 142 valence electrons. The molecule has 0 N–H and O–H groups in total. The number of nitrogens with zero attached hydrogens (tertiary/aromatic N) is 1. The van der Waals surface area contributed by atoms with Gasteiger partial charge in [-0.15, -0.1) is 6.42 Å². The predicted molar refractivity (Wildman–Crippen MR) is 105 cm³/mol. The third kappa shape index (κ3) is 4.78. The third-order valence-corrected chi connectivity index (χ3v) is 4.90. The maximum absolute atomic E-state index is 12.5. The minimum absolute atomic E-state index is 0.00340. The van der Waals surface area contributed by atoms with E-state index >= 15 is 0 Å². The van der Waals surface area contributed by atoms with Crippen molar-refractivity contribution < 1.29 is 23.9 Å². The molecule has 2 rings (SSSR count). The van der Waals surface area contributed by atoms with Crippen molar-refractivity contribution in [1.82, 2.24) is 4.90 Å². The van der Waals surface area contributed by atoms with Gasteiger partial charge in [-0.2, -0.15) is 0 Å². The van der Waals surface area contributed by atoms with Crippen LogP contribution < -0.4 is 4.74 Å². The topological polar surface area (TPSA) is 72.9 Å². The summed E-state index contributed by atoms with van der Waals surface area (Å²) in [7, 11) is 0. The fourth-order valence-electron chi connectivity index (χ4n) is 2.25. The van der Waals surface area contributed by atoms with Gasteiger partial charge in [0, 0.05) is 0 Å². The largest absolute Gasteiger partial charge is 0.478 e. The Labute approximate surface area is 170 Å². The van der Waals surface area contributed by atoms with Crippen LogP contribution in [0.4, 0.5) is 4.79 Å². The number of hydrogen-bond donors (Lipinski definition) is 0. The van der Waals surface area contributed by atoms with Gasteiger partial charge in [-0.1, -0.05) is 29.1 Å². The maximum atomic E-state index is 12.5. The molecule has 1 saturated heterocycles. The van der Waals surface area contributed by atoms with Crippen LogP contribution in [0.25, 0.3) is 6.08 Å². The Morgan fingerprint density at radius 3 is 2.56 bits per heavy atom. The summed E-state index contributed by atoms with van der Waals surface area (Å²) in [4.78, 5) is 37.6. The molecule has 1 atom stereocenters. The Morgan fingerprint density at radius 2 is 2.00 bits per heavy atom. The van der Waals surface area contributed by atoms with Crippen molar-refractivity contribution in [2.24, 2.45) is 0 Å². The molecule has 1 heterocycles. The third-order valence-electron chi connectivity index (χ3n) is 3.46. The lowest BCUT2D eigenvalue weighted by molar-refractivity contribution is -0.150. The van der Waals surface area contributed by atoms with Crippen LogP contribution >= 0.6 is 35.0 Å².